The molecule has 0 saturated heterocycles. The minimum atomic E-state index is -0.182. The van der Waals surface area contributed by atoms with Crippen LogP contribution in [-0.4, -0.2) is 21.3 Å². The fraction of sp³-hybridized carbons (Fsp3) is 0.467. The number of benzene rings is 1. The van der Waals surface area contributed by atoms with Crippen molar-refractivity contribution in [1.82, 2.24) is 14.8 Å². The van der Waals surface area contributed by atoms with Gasteiger partial charge in [0, 0.05) is 23.9 Å². The number of hydrogen-bond donors (Lipinski definition) is 1. The van der Waals surface area contributed by atoms with Gasteiger partial charge in [-0.3, -0.25) is 0 Å². The molecule has 1 N–H and O–H groups in total. The number of nitrogens with one attached hydrogen (secondary N) is 1. The summed E-state index contributed by atoms with van der Waals surface area (Å²) in [6.45, 7) is 6.99. The van der Waals surface area contributed by atoms with E-state index >= 15 is 0 Å². The summed E-state index contributed by atoms with van der Waals surface area (Å²) < 4.78 is 16.0. The topological polar surface area (TPSA) is 42.7 Å². The number of hydrogen-bond acceptors (Lipinski definition) is 3. The van der Waals surface area contributed by atoms with Gasteiger partial charge in [-0.1, -0.05) is 39.0 Å². The fourth-order valence-corrected chi connectivity index (χ4v) is 2.66. The molecule has 0 bridgehead atoms. The van der Waals surface area contributed by atoms with Gasteiger partial charge >= 0.3 is 0 Å². The maximum Gasteiger partial charge on any atom is 0.222 e. The Bertz CT molecular complexity index is 620. The van der Waals surface area contributed by atoms with Gasteiger partial charge < -0.3 is 5.32 Å². The predicted octanol–water partition coefficient (Wildman–Crippen LogP) is 3.19. The second-order valence-corrected chi connectivity index (χ2v) is 5.72. The van der Waals surface area contributed by atoms with E-state index < -0.39 is 0 Å². The van der Waals surface area contributed by atoms with Gasteiger partial charge in [-0.15, -0.1) is 0 Å². The lowest BCUT2D eigenvalue weighted by Gasteiger charge is -2.30. The molecule has 5 heteroatoms. The molecule has 0 saturated carbocycles. The molecule has 2 heterocycles. The first-order valence-electron chi connectivity index (χ1n) is 7.02. The van der Waals surface area contributed by atoms with Gasteiger partial charge in [-0.05, 0) is 6.07 Å². The zero-order chi connectivity index (χ0) is 14.3. The summed E-state index contributed by atoms with van der Waals surface area (Å²) in [6.07, 6.45) is 0. The van der Waals surface area contributed by atoms with Crippen LogP contribution in [0.3, 0.4) is 0 Å². The minimum absolute atomic E-state index is 0.104. The zero-order valence-electron chi connectivity index (χ0n) is 12.0. The van der Waals surface area contributed by atoms with Gasteiger partial charge in [-0.2, -0.15) is 10.1 Å². The number of fused-ring (bicyclic) bond motifs is 1. The first-order valence-corrected chi connectivity index (χ1v) is 7.02. The third-order valence-corrected chi connectivity index (χ3v) is 3.77. The molecule has 3 rings (SSSR count). The SMILES string of the molecule is CC(C)c1nc2n(n1)C(c1ccccc1F)C(C)CN2. The van der Waals surface area contributed by atoms with Crippen molar-refractivity contribution < 1.29 is 4.39 Å². The van der Waals surface area contributed by atoms with Crippen LogP contribution in [-0.2, 0) is 0 Å². The van der Waals surface area contributed by atoms with E-state index in [0.29, 0.717) is 5.56 Å². The van der Waals surface area contributed by atoms with Crippen LogP contribution in [0.25, 0.3) is 0 Å². The highest BCUT2D eigenvalue weighted by atomic mass is 19.1. The van der Waals surface area contributed by atoms with E-state index in [1.807, 2.05) is 16.8 Å². The lowest BCUT2D eigenvalue weighted by Crippen LogP contribution is -2.32. The molecular formula is C15H19FN4. The van der Waals surface area contributed by atoms with E-state index in [2.05, 4.69) is 36.2 Å². The molecule has 0 radical (unpaired) electrons. The van der Waals surface area contributed by atoms with Crippen LogP contribution < -0.4 is 5.32 Å². The maximum absolute atomic E-state index is 14.1. The van der Waals surface area contributed by atoms with E-state index in [-0.39, 0.29) is 23.7 Å². The maximum atomic E-state index is 14.1. The molecule has 1 aliphatic heterocycles. The molecule has 0 amide bonds. The molecule has 1 aromatic carbocycles. The molecule has 1 aromatic heterocycles. The summed E-state index contributed by atoms with van der Waals surface area (Å²) in [4.78, 5) is 4.51. The second-order valence-electron chi connectivity index (χ2n) is 5.72. The number of anilines is 1. The van der Waals surface area contributed by atoms with E-state index in [4.69, 9.17) is 0 Å². The molecule has 0 aliphatic carbocycles. The van der Waals surface area contributed by atoms with Gasteiger partial charge in [0.2, 0.25) is 5.95 Å². The van der Waals surface area contributed by atoms with Gasteiger partial charge in [-0.25, -0.2) is 9.07 Å². The lowest BCUT2D eigenvalue weighted by molar-refractivity contribution is 0.358. The molecular weight excluding hydrogens is 255 g/mol. The Balaban J connectivity index is 2.10. The third kappa shape index (κ3) is 2.07. The zero-order valence-corrected chi connectivity index (χ0v) is 12.0. The Morgan fingerprint density at radius 1 is 1.35 bits per heavy atom. The van der Waals surface area contributed by atoms with Crippen molar-refractivity contribution in [3.63, 3.8) is 0 Å². The van der Waals surface area contributed by atoms with E-state index in [1.54, 1.807) is 6.07 Å². The molecule has 106 valence electrons. The average Bonchev–Trinajstić information content (AvgIpc) is 2.84. The monoisotopic (exact) mass is 274 g/mol. The third-order valence-electron chi connectivity index (χ3n) is 3.77. The van der Waals surface area contributed by atoms with Gasteiger partial charge in [0.15, 0.2) is 5.82 Å². The molecule has 20 heavy (non-hydrogen) atoms. The smallest absolute Gasteiger partial charge is 0.222 e. The number of halogens is 1. The van der Waals surface area contributed by atoms with Crippen molar-refractivity contribution >= 4 is 5.95 Å². The van der Waals surface area contributed by atoms with E-state index in [9.17, 15) is 4.39 Å². The molecule has 0 spiro atoms. The van der Waals surface area contributed by atoms with Crippen LogP contribution >= 0.6 is 0 Å². The molecule has 2 unspecified atom stereocenters. The Morgan fingerprint density at radius 2 is 2.10 bits per heavy atom. The first-order chi connectivity index (χ1) is 9.58. The number of rotatable bonds is 2. The van der Waals surface area contributed by atoms with Gasteiger partial charge in [0.05, 0.1) is 6.04 Å². The van der Waals surface area contributed by atoms with Crippen LogP contribution in [0.1, 0.15) is 44.1 Å². The Kier molecular flexibility index (Phi) is 3.20. The van der Waals surface area contributed by atoms with E-state index in [0.717, 1.165) is 18.3 Å². The highest BCUT2D eigenvalue weighted by Gasteiger charge is 2.32. The summed E-state index contributed by atoms with van der Waals surface area (Å²) in [6, 6.07) is 6.82. The summed E-state index contributed by atoms with van der Waals surface area (Å²) in [5.74, 6) is 1.86. The molecule has 2 atom stereocenters. The normalized spacial score (nSPS) is 21.6. The lowest BCUT2D eigenvalue weighted by atomic mass is 9.93. The van der Waals surface area contributed by atoms with Gasteiger partial charge in [0.25, 0.3) is 0 Å². The highest BCUT2D eigenvalue weighted by molar-refractivity contribution is 5.34. The van der Waals surface area contributed by atoms with Crippen molar-refractivity contribution in [2.24, 2.45) is 5.92 Å². The molecule has 0 fully saturated rings. The minimum Gasteiger partial charge on any atom is -0.354 e. The van der Waals surface area contributed by atoms with Crippen LogP contribution in [0.4, 0.5) is 10.3 Å². The number of aromatic nitrogens is 3. The summed E-state index contributed by atoms with van der Waals surface area (Å²) in [5.41, 5.74) is 0.683. The summed E-state index contributed by atoms with van der Waals surface area (Å²) >= 11 is 0. The highest BCUT2D eigenvalue weighted by Crippen LogP contribution is 2.34. The van der Waals surface area contributed by atoms with Crippen molar-refractivity contribution in [3.8, 4) is 0 Å². The summed E-state index contributed by atoms with van der Waals surface area (Å²) in [7, 11) is 0. The predicted molar refractivity (Wildman–Crippen MR) is 76.3 cm³/mol. The number of nitrogens with zero attached hydrogens (tertiary/aromatic N) is 3. The van der Waals surface area contributed by atoms with Crippen LogP contribution in [0.15, 0.2) is 24.3 Å². The van der Waals surface area contributed by atoms with Crippen LogP contribution in [0.5, 0.6) is 0 Å². The van der Waals surface area contributed by atoms with Crippen LogP contribution in [0.2, 0.25) is 0 Å². The average molecular weight is 274 g/mol. The molecule has 1 aliphatic rings. The molecule has 2 aromatic rings. The summed E-state index contributed by atoms with van der Waals surface area (Å²) in [5, 5.41) is 7.85. The van der Waals surface area contributed by atoms with Crippen molar-refractivity contribution in [1.29, 1.82) is 0 Å². The first kappa shape index (κ1) is 13.1. The Labute approximate surface area is 118 Å². The molecule has 4 nitrogen and oxygen atoms in total. The van der Waals surface area contributed by atoms with E-state index in [1.165, 1.54) is 6.07 Å². The second kappa shape index (κ2) is 4.89. The van der Waals surface area contributed by atoms with Crippen molar-refractivity contribution in [2.45, 2.75) is 32.7 Å². The van der Waals surface area contributed by atoms with Crippen molar-refractivity contribution in [3.05, 3.63) is 41.5 Å². The van der Waals surface area contributed by atoms with Crippen molar-refractivity contribution in [2.75, 3.05) is 11.9 Å². The largest absolute Gasteiger partial charge is 0.354 e. The van der Waals surface area contributed by atoms with Crippen LogP contribution in [0, 0.1) is 11.7 Å². The Hall–Kier alpha value is -1.91. The Morgan fingerprint density at radius 3 is 2.80 bits per heavy atom. The standard InChI is InChI=1S/C15H19FN4/c1-9(2)14-18-15-17-8-10(3)13(20(15)19-14)11-6-4-5-7-12(11)16/h4-7,9-10,13H,8H2,1-3H3,(H,17,18,19). The van der Waals surface area contributed by atoms with Gasteiger partial charge in [0.1, 0.15) is 5.82 Å². The fourth-order valence-electron chi connectivity index (χ4n) is 2.66. The quantitative estimate of drug-likeness (QED) is 0.914.